The highest BCUT2D eigenvalue weighted by Gasteiger charge is 2.50. The van der Waals surface area contributed by atoms with E-state index >= 15 is 0 Å². The molecular weight excluding hydrogens is 424 g/mol. The normalized spacial score (nSPS) is 26.1. The van der Waals surface area contributed by atoms with Gasteiger partial charge in [-0.3, -0.25) is 14.3 Å². The molecule has 1 fully saturated rings. The number of H-pyrrole nitrogens is 1. The molecule has 0 radical (unpaired) electrons. The van der Waals surface area contributed by atoms with E-state index in [1.165, 1.54) is 16.8 Å². The van der Waals surface area contributed by atoms with Crippen LogP contribution in [0, 0.1) is 0 Å². The summed E-state index contributed by atoms with van der Waals surface area (Å²) < 4.78 is 26.8. The van der Waals surface area contributed by atoms with Crippen LogP contribution in [0.25, 0.3) is 0 Å². The third-order valence-corrected chi connectivity index (χ3v) is 7.06. The molecule has 1 N–H and O–H groups in total. The Labute approximate surface area is 175 Å². The molecule has 4 unspecified atom stereocenters. The first kappa shape index (κ1) is 24.4. The molecule has 0 spiro atoms. The molecule has 1 aromatic heterocycles. The van der Waals surface area contributed by atoms with Crippen molar-refractivity contribution in [2.24, 2.45) is 0 Å². The Kier molecular flexibility index (Phi) is 7.36. The second-order valence-electron chi connectivity index (χ2n) is 10.4. The maximum Gasteiger partial charge on any atom is 0.330 e. The number of rotatable bonds is 8. The lowest BCUT2D eigenvalue weighted by Crippen LogP contribution is -2.49. The fourth-order valence-corrected chi connectivity index (χ4v) is 5.94. The van der Waals surface area contributed by atoms with Gasteiger partial charge in [0.25, 0.3) is 5.56 Å². The fourth-order valence-electron chi connectivity index (χ4n) is 3.11. The highest BCUT2D eigenvalue weighted by molar-refractivity contribution is 6.70. The van der Waals surface area contributed by atoms with E-state index in [0.29, 0.717) is 6.61 Å². The Bertz CT molecular complexity index is 806. The second-order valence-corrected chi connectivity index (χ2v) is 23.8. The van der Waals surface area contributed by atoms with Gasteiger partial charge in [0, 0.05) is 12.3 Å². The van der Waals surface area contributed by atoms with Gasteiger partial charge in [-0.15, -0.1) is 0 Å². The van der Waals surface area contributed by atoms with Gasteiger partial charge in [-0.1, -0.05) is 0 Å². The molecule has 4 atom stereocenters. The molecule has 0 aliphatic carbocycles. The van der Waals surface area contributed by atoms with Crippen molar-refractivity contribution in [3.8, 4) is 0 Å². The molecule has 1 aliphatic rings. The van der Waals surface area contributed by atoms with Crippen molar-refractivity contribution in [2.75, 3.05) is 6.61 Å². The topological polar surface area (TPSA) is 91.8 Å². The average Bonchev–Trinajstić information content (AvgIpc) is 2.79. The van der Waals surface area contributed by atoms with Crippen molar-refractivity contribution in [2.45, 2.75) is 83.5 Å². The third kappa shape index (κ3) is 7.42. The van der Waals surface area contributed by atoms with Crippen LogP contribution in [0.2, 0.25) is 58.9 Å². The third-order valence-electron chi connectivity index (χ3n) is 4.07. The lowest BCUT2D eigenvalue weighted by Gasteiger charge is -2.34. The van der Waals surface area contributed by atoms with Crippen LogP contribution >= 0.6 is 0 Å². The van der Waals surface area contributed by atoms with Crippen LogP contribution < -0.4 is 11.2 Å². The number of aromatic amines is 1. The van der Waals surface area contributed by atoms with Gasteiger partial charge >= 0.3 is 5.69 Å². The Morgan fingerprint density at radius 2 is 1.48 bits per heavy atom. The number of hydrogen-bond donors (Lipinski definition) is 1. The van der Waals surface area contributed by atoms with Crippen molar-refractivity contribution < 1.29 is 18.0 Å². The molecule has 2 heterocycles. The van der Waals surface area contributed by atoms with Crippen LogP contribution in [-0.2, 0) is 18.0 Å². The van der Waals surface area contributed by atoms with Crippen molar-refractivity contribution in [1.82, 2.24) is 9.55 Å². The van der Waals surface area contributed by atoms with Crippen LogP contribution in [0.3, 0.4) is 0 Å². The van der Waals surface area contributed by atoms with Gasteiger partial charge in [-0.2, -0.15) is 0 Å². The predicted molar refractivity (Wildman–Crippen MR) is 121 cm³/mol. The monoisotopic (exact) mass is 460 g/mol. The molecule has 29 heavy (non-hydrogen) atoms. The smallest absolute Gasteiger partial charge is 0.330 e. The molecule has 2 rings (SSSR count). The Hall–Kier alpha value is -0.829. The van der Waals surface area contributed by atoms with E-state index in [0.717, 1.165) is 0 Å². The molecule has 8 nitrogen and oxygen atoms in total. The minimum atomic E-state index is -2.00. The Balaban J connectivity index is 2.46. The lowest BCUT2D eigenvalue weighted by atomic mass is 10.1. The first-order chi connectivity index (χ1) is 13.1. The van der Waals surface area contributed by atoms with Gasteiger partial charge in [0.05, 0.1) is 6.61 Å². The molecule has 166 valence electrons. The molecule has 1 saturated heterocycles. The second kappa shape index (κ2) is 8.73. The van der Waals surface area contributed by atoms with E-state index in [1.54, 1.807) is 0 Å². The van der Waals surface area contributed by atoms with E-state index in [9.17, 15) is 9.59 Å². The summed E-state index contributed by atoms with van der Waals surface area (Å²) in [6, 6.07) is 1.32. The predicted octanol–water partition coefficient (Wildman–Crippen LogP) is 2.73. The Morgan fingerprint density at radius 1 is 0.931 bits per heavy atom. The van der Waals surface area contributed by atoms with Crippen molar-refractivity contribution in [3.63, 3.8) is 0 Å². The zero-order valence-electron chi connectivity index (χ0n) is 19.1. The summed E-state index contributed by atoms with van der Waals surface area (Å²) in [7, 11) is -5.71. The van der Waals surface area contributed by atoms with Crippen LogP contribution in [-0.4, -0.2) is 59.4 Å². The van der Waals surface area contributed by atoms with Gasteiger partial charge in [0.15, 0.2) is 31.2 Å². The first-order valence-electron chi connectivity index (χ1n) is 10.0. The fraction of sp³-hybridized carbons (Fsp3) is 0.778. The minimum absolute atomic E-state index is 0.353. The Morgan fingerprint density at radius 3 is 1.97 bits per heavy atom. The first-order valence-corrected chi connectivity index (χ1v) is 20.2. The molecule has 0 aromatic carbocycles. The molecule has 0 amide bonds. The number of ether oxygens (including phenoxy) is 1. The molecule has 1 aliphatic heterocycles. The standard InChI is InChI=1S/C18H36N2O6Si3/c1-27(2,3)23-12-13-15(25-28(4,5)6)16(26-29(7,8)9)17(24-13)20-11-10-14(21)19-18(20)22/h10-11,13,15-17H,12H2,1-9H3,(H,19,21,22). The summed E-state index contributed by atoms with van der Waals surface area (Å²) in [5, 5.41) is 0. The molecular formula is C18H36N2O6Si3. The molecule has 11 heteroatoms. The molecule has 0 saturated carbocycles. The number of nitrogens with one attached hydrogen (secondary N) is 1. The summed E-state index contributed by atoms with van der Waals surface area (Å²) in [5.74, 6) is 0. The largest absolute Gasteiger partial charge is 0.415 e. The zero-order valence-corrected chi connectivity index (χ0v) is 22.1. The van der Waals surface area contributed by atoms with Gasteiger partial charge in [0.1, 0.15) is 18.3 Å². The quantitative estimate of drug-likeness (QED) is 0.600. The maximum atomic E-state index is 12.5. The van der Waals surface area contributed by atoms with Gasteiger partial charge in [-0.05, 0) is 58.9 Å². The minimum Gasteiger partial charge on any atom is -0.415 e. The molecule has 1 aromatic rings. The number of aromatic nitrogens is 2. The van der Waals surface area contributed by atoms with Gasteiger partial charge < -0.3 is 18.0 Å². The summed E-state index contributed by atoms with van der Waals surface area (Å²) in [6.45, 7) is 19.4. The molecule has 0 bridgehead atoms. The average molecular weight is 461 g/mol. The number of nitrogens with zero attached hydrogens (tertiary/aromatic N) is 1. The highest BCUT2D eigenvalue weighted by atomic mass is 28.4. The van der Waals surface area contributed by atoms with E-state index in [2.05, 4.69) is 63.9 Å². The summed E-state index contributed by atoms with van der Waals surface area (Å²) in [4.78, 5) is 26.3. The van der Waals surface area contributed by atoms with E-state index < -0.39 is 48.5 Å². The summed E-state index contributed by atoms with van der Waals surface area (Å²) >= 11 is 0. The maximum absolute atomic E-state index is 12.5. The van der Waals surface area contributed by atoms with Gasteiger partial charge in [-0.25, -0.2) is 4.79 Å². The summed E-state index contributed by atoms with van der Waals surface area (Å²) in [5.41, 5.74) is -0.967. The SMILES string of the molecule is C[Si](C)(C)OCC1OC(n2ccc(=O)[nH]c2=O)C(O[Si](C)(C)C)C1O[Si](C)(C)C. The van der Waals surface area contributed by atoms with Gasteiger partial charge in [0.2, 0.25) is 0 Å². The van der Waals surface area contributed by atoms with E-state index in [1.807, 2.05) is 0 Å². The van der Waals surface area contributed by atoms with E-state index in [4.69, 9.17) is 18.0 Å². The lowest BCUT2D eigenvalue weighted by molar-refractivity contribution is -0.0497. The van der Waals surface area contributed by atoms with Crippen molar-refractivity contribution >= 4 is 25.0 Å². The highest BCUT2D eigenvalue weighted by Crippen LogP contribution is 2.36. The van der Waals surface area contributed by atoms with Crippen molar-refractivity contribution in [3.05, 3.63) is 33.1 Å². The van der Waals surface area contributed by atoms with Crippen molar-refractivity contribution in [1.29, 1.82) is 0 Å². The van der Waals surface area contributed by atoms with Crippen LogP contribution in [0.15, 0.2) is 21.9 Å². The van der Waals surface area contributed by atoms with Crippen LogP contribution in [0.4, 0.5) is 0 Å². The van der Waals surface area contributed by atoms with E-state index in [-0.39, 0.29) is 12.2 Å². The summed E-state index contributed by atoms with van der Waals surface area (Å²) in [6.07, 6.45) is -0.415. The number of hydrogen-bond acceptors (Lipinski definition) is 6. The van der Waals surface area contributed by atoms with Crippen LogP contribution in [0.1, 0.15) is 6.23 Å². The van der Waals surface area contributed by atoms with Crippen LogP contribution in [0.5, 0.6) is 0 Å². The zero-order chi connectivity index (χ0) is 22.2.